The molecule has 212 valence electrons. The van der Waals surface area contributed by atoms with Crippen LogP contribution < -0.4 is 22.5 Å². The van der Waals surface area contributed by atoms with Crippen LogP contribution in [0.4, 0.5) is 8.78 Å². The lowest BCUT2D eigenvalue weighted by Crippen LogP contribution is -3.00. The normalized spacial score (nSPS) is 30.4. The van der Waals surface area contributed by atoms with Crippen molar-refractivity contribution >= 4 is 5.91 Å². The van der Waals surface area contributed by atoms with E-state index in [0.717, 1.165) is 30.7 Å². The Morgan fingerprint density at radius 3 is 2.59 bits per heavy atom. The Bertz CT molecular complexity index is 1160. The van der Waals surface area contributed by atoms with Crippen LogP contribution in [-0.2, 0) is 21.6 Å². The maximum Gasteiger partial charge on any atom is 0.248 e. The lowest BCUT2D eigenvalue weighted by atomic mass is 9.68. The third-order valence-electron chi connectivity index (χ3n) is 9.88. The molecule has 4 atom stereocenters. The molecule has 2 aromatic carbocycles. The number of ether oxygens (including phenoxy) is 2. The van der Waals surface area contributed by atoms with E-state index in [9.17, 15) is 13.6 Å². The van der Waals surface area contributed by atoms with Crippen molar-refractivity contribution < 1.29 is 40.8 Å². The van der Waals surface area contributed by atoms with Crippen LogP contribution in [0.5, 0.6) is 5.75 Å². The number of alkyl halides is 2. The van der Waals surface area contributed by atoms with E-state index >= 15 is 0 Å². The zero-order chi connectivity index (χ0) is 26.3. The number of hydrogen-bond donors (Lipinski definition) is 1. The molecule has 0 unspecified atom stereocenters. The first-order valence-corrected chi connectivity index (χ1v) is 14.2. The number of rotatable bonds is 4. The largest absolute Gasteiger partial charge is 1.00 e. The van der Waals surface area contributed by atoms with E-state index in [0.29, 0.717) is 45.1 Å². The maximum absolute atomic E-state index is 14.5. The highest BCUT2D eigenvalue weighted by Crippen LogP contribution is 2.46. The summed E-state index contributed by atoms with van der Waals surface area (Å²) in [4.78, 5) is 16.6. The molecule has 3 fully saturated rings. The third-order valence-corrected chi connectivity index (χ3v) is 9.88. The number of likely N-dealkylation sites (tertiary alicyclic amines) is 1. The van der Waals surface area contributed by atoms with Gasteiger partial charge in [0, 0.05) is 31.0 Å². The Kier molecular flexibility index (Phi) is 8.23. The number of halogens is 3. The van der Waals surface area contributed by atoms with E-state index in [1.807, 2.05) is 18.2 Å². The van der Waals surface area contributed by atoms with Crippen LogP contribution in [-0.4, -0.2) is 56.1 Å². The van der Waals surface area contributed by atoms with Gasteiger partial charge < -0.3 is 32.1 Å². The maximum atomic E-state index is 14.5. The molecule has 3 heterocycles. The van der Waals surface area contributed by atoms with Crippen LogP contribution in [0.15, 0.2) is 48.5 Å². The summed E-state index contributed by atoms with van der Waals surface area (Å²) in [5.41, 5.74) is 3.10. The highest BCUT2D eigenvalue weighted by molar-refractivity contribution is 5.82. The van der Waals surface area contributed by atoms with Crippen molar-refractivity contribution in [2.75, 3.05) is 33.4 Å². The van der Waals surface area contributed by atoms with Gasteiger partial charge in [-0.1, -0.05) is 42.5 Å². The lowest BCUT2D eigenvalue weighted by Gasteiger charge is -2.47. The summed E-state index contributed by atoms with van der Waals surface area (Å²) in [5, 5.41) is 2.24. The van der Waals surface area contributed by atoms with Crippen molar-refractivity contribution in [1.82, 2.24) is 4.90 Å². The molecular weight excluding hydrogens is 522 g/mol. The number of quaternary nitrogens is 1. The molecule has 2 N–H and O–H groups in total. The molecular formula is C31H39ClF2N2O3. The molecule has 1 saturated carbocycles. The SMILES string of the molecule is COc1cccc2c1COC[C@]21C[NH2+]C[C@H]1C(=O)N1CC[C@@H](c2ccccc2)C[C@H]1C1CCC(F)(F)CC1.[Cl-]. The van der Waals surface area contributed by atoms with Crippen LogP contribution in [0.2, 0.25) is 0 Å². The number of fused-ring (bicyclic) bond motifs is 2. The van der Waals surface area contributed by atoms with E-state index < -0.39 is 11.3 Å². The first kappa shape index (κ1) is 28.3. The number of hydrogen-bond acceptors (Lipinski definition) is 3. The average molecular weight is 561 g/mol. The Labute approximate surface area is 236 Å². The number of carbonyl (C=O) groups excluding carboxylic acids is 1. The van der Waals surface area contributed by atoms with Gasteiger partial charge in [0.05, 0.1) is 38.8 Å². The van der Waals surface area contributed by atoms with Crippen molar-refractivity contribution in [2.45, 2.75) is 68.4 Å². The standard InChI is InChI=1S/C31H38F2N2O3.ClH/c1-37-28-9-5-8-25-24(28)18-38-20-30(25)19-34-17-26(30)29(36)35-15-12-23(21-6-3-2-4-7-21)16-27(35)22-10-13-31(32,33)14-11-22;/h2-9,22-23,26-27,34H,10-20H2,1H3;1H/t23-,26+,27+,30-;/m1./s1. The third kappa shape index (κ3) is 5.18. The van der Waals surface area contributed by atoms with Gasteiger partial charge in [0.15, 0.2) is 0 Å². The molecule has 1 aliphatic carbocycles. The summed E-state index contributed by atoms with van der Waals surface area (Å²) in [5.74, 6) is -1.35. The fourth-order valence-electron chi connectivity index (χ4n) is 7.85. The molecule has 2 saturated heterocycles. The highest BCUT2D eigenvalue weighted by Gasteiger charge is 2.56. The van der Waals surface area contributed by atoms with E-state index in [1.165, 1.54) is 11.1 Å². The van der Waals surface area contributed by atoms with Crippen molar-refractivity contribution in [3.05, 3.63) is 65.2 Å². The van der Waals surface area contributed by atoms with Crippen LogP contribution in [0.3, 0.4) is 0 Å². The number of benzene rings is 2. The van der Waals surface area contributed by atoms with E-state index in [2.05, 4.69) is 40.5 Å². The van der Waals surface area contributed by atoms with Gasteiger partial charge in [0.1, 0.15) is 11.7 Å². The Balaban J connectivity index is 0.00000308. The fraction of sp³-hybridized carbons (Fsp3) is 0.581. The molecule has 0 radical (unpaired) electrons. The second kappa shape index (κ2) is 11.3. The molecule has 1 spiro atoms. The zero-order valence-electron chi connectivity index (χ0n) is 22.6. The van der Waals surface area contributed by atoms with Crippen LogP contribution in [0, 0.1) is 11.8 Å². The molecule has 1 amide bonds. The van der Waals surface area contributed by atoms with Crippen molar-refractivity contribution in [2.24, 2.45) is 11.8 Å². The average Bonchev–Trinajstić information content (AvgIpc) is 3.36. The number of methoxy groups -OCH3 is 1. The molecule has 2 aromatic rings. The summed E-state index contributed by atoms with van der Waals surface area (Å²) < 4.78 is 40.0. The minimum atomic E-state index is -2.58. The Morgan fingerprint density at radius 2 is 1.85 bits per heavy atom. The molecule has 4 aliphatic rings. The summed E-state index contributed by atoms with van der Waals surface area (Å²) in [7, 11) is 1.68. The summed E-state index contributed by atoms with van der Waals surface area (Å²) in [6.45, 7) is 3.19. The van der Waals surface area contributed by atoms with Gasteiger partial charge >= 0.3 is 0 Å². The number of nitrogens with zero attached hydrogens (tertiary/aromatic N) is 1. The van der Waals surface area contributed by atoms with Crippen LogP contribution in [0.25, 0.3) is 0 Å². The predicted molar refractivity (Wildman–Crippen MR) is 140 cm³/mol. The van der Waals surface area contributed by atoms with E-state index in [-0.39, 0.29) is 49.0 Å². The summed E-state index contributed by atoms with van der Waals surface area (Å²) in [6.07, 6.45) is 2.56. The minimum absolute atomic E-state index is 0. The topological polar surface area (TPSA) is 55.4 Å². The van der Waals surface area contributed by atoms with Crippen LogP contribution >= 0.6 is 0 Å². The molecule has 0 bridgehead atoms. The summed E-state index contributed by atoms with van der Waals surface area (Å²) >= 11 is 0. The molecule has 39 heavy (non-hydrogen) atoms. The lowest BCUT2D eigenvalue weighted by molar-refractivity contribution is -0.640. The predicted octanol–water partition coefficient (Wildman–Crippen LogP) is 1.26. The molecule has 0 aromatic heterocycles. The number of nitrogens with two attached hydrogens (primary N) is 1. The number of piperidine rings is 1. The van der Waals surface area contributed by atoms with E-state index in [1.54, 1.807) is 7.11 Å². The second-order valence-electron chi connectivity index (χ2n) is 11.8. The Morgan fingerprint density at radius 1 is 1.08 bits per heavy atom. The Hall–Kier alpha value is -2.22. The van der Waals surface area contributed by atoms with Crippen LogP contribution in [0.1, 0.15) is 61.1 Å². The summed E-state index contributed by atoms with van der Waals surface area (Å²) in [6, 6.07) is 16.6. The molecule has 3 aliphatic heterocycles. The van der Waals surface area contributed by atoms with Crippen molar-refractivity contribution in [1.29, 1.82) is 0 Å². The number of amides is 1. The highest BCUT2D eigenvalue weighted by atomic mass is 35.5. The smallest absolute Gasteiger partial charge is 0.248 e. The molecule has 5 nitrogen and oxygen atoms in total. The quantitative estimate of drug-likeness (QED) is 0.613. The van der Waals surface area contributed by atoms with Gasteiger partial charge in [-0.25, -0.2) is 8.78 Å². The van der Waals surface area contributed by atoms with Crippen molar-refractivity contribution in [3.63, 3.8) is 0 Å². The van der Waals surface area contributed by atoms with Gasteiger partial charge in [-0.15, -0.1) is 0 Å². The molecule has 6 rings (SSSR count). The first-order valence-electron chi connectivity index (χ1n) is 14.2. The number of carbonyl (C=O) groups is 1. The fourth-order valence-corrected chi connectivity index (χ4v) is 7.85. The second-order valence-corrected chi connectivity index (χ2v) is 11.8. The minimum Gasteiger partial charge on any atom is -1.00 e. The van der Waals surface area contributed by atoms with Crippen molar-refractivity contribution in [3.8, 4) is 5.75 Å². The molecule has 8 heteroatoms. The van der Waals surface area contributed by atoms with E-state index in [4.69, 9.17) is 9.47 Å². The van der Waals surface area contributed by atoms with Gasteiger partial charge in [-0.3, -0.25) is 4.79 Å². The van der Waals surface area contributed by atoms with Gasteiger partial charge in [0.2, 0.25) is 11.8 Å². The van der Waals surface area contributed by atoms with Gasteiger partial charge in [-0.05, 0) is 54.7 Å². The van der Waals surface area contributed by atoms with Gasteiger partial charge in [0.25, 0.3) is 0 Å². The van der Waals surface area contributed by atoms with Gasteiger partial charge in [-0.2, -0.15) is 0 Å². The first-order chi connectivity index (χ1) is 18.4. The monoisotopic (exact) mass is 560 g/mol. The zero-order valence-corrected chi connectivity index (χ0v) is 23.3.